The molecule has 154 valence electrons. The van der Waals surface area contributed by atoms with E-state index in [0.717, 1.165) is 12.0 Å². The number of ether oxygens (including phenoxy) is 1. The standard InChI is InChI=1S/C21H25N3O4S/c1-4-14-8-5-6-10-16(14)20(25)23-21(2,3)13-28-17-11-7-9-15-12-29(26,27)24-19(22)18(15)17/h5-11H,4,12-13H2,1-3H3,(H2,22,24)(H,23,25). The molecule has 7 nitrogen and oxygen atoms in total. The highest BCUT2D eigenvalue weighted by Crippen LogP contribution is 2.28. The number of carbonyl (C=O) groups is 1. The van der Waals surface area contributed by atoms with Gasteiger partial charge in [-0.3, -0.25) is 4.79 Å². The van der Waals surface area contributed by atoms with E-state index >= 15 is 0 Å². The van der Waals surface area contributed by atoms with Gasteiger partial charge in [-0.15, -0.1) is 4.40 Å². The Hall–Kier alpha value is -2.87. The Morgan fingerprint density at radius 3 is 2.66 bits per heavy atom. The van der Waals surface area contributed by atoms with Crippen molar-refractivity contribution in [1.82, 2.24) is 5.32 Å². The lowest BCUT2D eigenvalue weighted by molar-refractivity contribution is 0.0879. The zero-order chi connectivity index (χ0) is 21.2. The maximum Gasteiger partial charge on any atom is 0.259 e. The minimum absolute atomic E-state index is 0.0828. The average Bonchev–Trinajstić information content (AvgIpc) is 2.64. The van der Waals surface area contributed by atoms with Crippen LogP contribution in [-0.2, 0) is 22.2 Å². The van der Waals surface area contributed by atoms with E-state index in [1.807, 2.05) is 39.0 Å². The van der Waals surface area contributed by atoms with Gasteiger partial charge in [0.1, 0.15) is 18.2 Å². The number of amidine groups is 1. The molecule has 0 aliphatic carbocycles. The normalized spacial score (nSPS) is 15.2. The zero-order valence-corrected chi connectivity index (χ0v) is 17.5. The van der Waals surface area contributed by atoms with Crippen LogP contribution in [0.4, 0.5) is 0 Å². The van der Waals surface area contributed by atoms with Gasteiger partial charge >= 0.3 is 0 Å². The van der Waals surface area contributed by atoms with Crippen molar-refractivity contribution in [3.8, 4) is 5.75 Å². The fourth-order valence-corrected chi connectivity index (χ4v) is 4.34. The lowest BCUT2D eigenvalue weighted by Crippen LogP contribution is -2.48. The maximum absolute atomic E-state index is 12.7. The lowest BCUT2D eigenvalue weighted by Gasteiger charge is -2.28. The summed E-state index contributed by atoms with van der Waals surface area (Å²) in [6.07, 6.45) is 0.762. The van der Waals surface area contributed by atoms with E-state index in [1.54, 1.807) is 24.3 Å². The van der Waals surface area contributed by atoms with Crippen molar-refractivity contribution >= 4 is 21.8 Å². The first-order valence-corrected chi connectivity index (χ1v) is 11.0. The van der Waals surface area contributed by atoms with Gasteiger partial charge < -0.3 is 15.8 Å². The van der Waals surface area contributed by atoms with E-state index in [-0.39, 0.29) is 24.1 Å². The fraction of sp³-hybridized carbons (Fsp3) is 0.333. The second-order valence-electron chi connectivity index (χ2n) is 7.63. The summed E-state index contributed by atoms with van der Waals surface area (Å²) in [7, 11) is -3.61. The van der Waals surface area contributed by atoms with Crippen molar-refractivity contribution in [2.75, 3.05) is 6.61 Å². The molecule has 3 N–H and O–H groups in total. The largest absolute Gasteiger partial charge is 0.490 e. The SMILES string of the molecule is CCc1ccccc1C(=O)NC(C)(C)COc1cccc2c1C(N)=NS(=O)(=O)C2. The smallest absolute Gasteiger partial charge is 0.259 e. The third kappa shape index (κ3) is 4.76. The van der Waals surface area contributed by atoms with E-state index in [1.165, 1.54) is 0 Å². The molecule has 1 aliphatic heterocycles. The molecule has 0 atom stereocenters. The number of aryl methyl sites for hydroxylation is 1. The average molecular weight is 416 g/mol. The van der Waals surface area contributed by atoms with Crippen molar-refractivity contribution < 1.29 is 17.9 Å². The van der Waals surface area contributed by atoms with Crippen LogP contribution in [0, 0.1) is 0 Å². The van der Waals surface area contributed by atoms with Crippen molar-refractivity contribution in [2.24, 2.45) is 10.1 Å². The summed E-state index contributed by atoms with van der Waals surface area (Å²) in [5.41, 5.74) is 7.85. The molecule has 3 rings (SSSR count). The minimum Gasteiger partial charge on any atom is -0.490 e. The van der Waals surface area contributed by atoms with Crippen LogP contribution in [0.3, 0.4) is 0 Å². The summed E-state index contributed by atoms with van der Waals surface area (Å²) >= 11 is 0. The first kappa shape index (κ1) is 20.9. The van der Waals surface area contributed by atoms with Gasteiger partial charge in [-0.25, -0.2) is 8.42 Å². The van der Waals surface area contributed by atoms with Gasteiger partial charge in [0.15, 0.2) is 0 Å². The number of fused-ring (bicyclic) bond motifs is 1. The number of benzene rings is 2. The first-order valence-electron chi connectivity index (χ1n) is 9.35. The summed E-state index contributed by atoms with van der Waals surface area (Å²) < 4.78 is 33.1. The topological polar surface area (TPSA) is 111 Å². The van der Waals surface area contributed by atoms with Crippen LogP contribution in [0.25, 0.3) is 0 Å². The van der Waals surface area contributed by atoms with Crippen molar-refractivity contribution in [3.63, 3.8) is 0 Å². The van der Waals surface area contributed by atoms with Crippen LogP contribution >= 0.6 is 0 Å². The number of nitrogens with zero attached hydrogens (tertiary/aromatic N) is 1. The molecule has 0 fully saturated rings. The van der Waals surface area contributed by atoms with Gasteiger partial charge in [0.2, 0.25) is 0 Å². The van der Waals surface area contributed by atoms with Gasteiger partial charge in [-0.1, -0.05) is 37.3 Å². The van der Waals surface area contributed by atoms with Gasteiger partial charge in [0.25, 0.3) is 15.9 Å². The highest BCUT2D eigenvalue weighted by atomic mass is 32.2. The van der Waals surface area contributed by atoms with Crippen LogP contribution in [0.2, 0.25) is 0 Å². The number of hydrogen-bond donors (Lipinski definition) is 2. The van der Waals surface area contributed by atoms with Gasteiger partial charge in [0.05, 0.1) is 16.9 Å². The third-order valence-electron chi connectivity index (χ3n) is 4.63. The number of nitrogens with two attached hydrogens (primary N) is 1. The molecule has 0 aromatic heterocycles. The van der Waals surface area contributed by atoms with E-state index in [0.29, 0.717) is 22.4 Å². The summed E-state index contributed by atoms with van der Waals surface area (Å²) in [6, 6.07) is 12.6. The van der Waals surface area contributed by atoms with Crippen LogP contribution < -0.4 is 15.8 Å². The highest BCUT2D eigenvalue weighted by molar-refractivity contribution is 7.89. The van der Waals surface area contributed by atoms with Gasteiger partial charge in [0, 0.05) is 5.56 Å². The zero-order valence-electron chi connectivity index (χ0n) is 16.7. The van der Waals surface area contributed by atoms with Crippen LogP contribution in [0.15, 0.2) is 46.9 Å². The number of sulfonamides is 1. The van der Waals surface area contributed by atoms with Crippen molar-refractivity contribution in [3.05, 3.63) is 64.7 Å². The molecule has 0 bridgehead atoms. The molecule has 2 aromatic carbocycles. The molecule has 1 heterocycles. The van der Waals surface area contributed by atoms with E-state index < -0.39 is 15.6 Å². The number of amides is 1. The molecule has 0 spiro atoms. The van der Waals surface area contributed by atoms with Gasteiger partial charge in [-0.05, 0) is 43.5 Å². The molecular formula is C21H25N3O4S. The molecule has 1 aliphatic rings. The molecule has 0 saturated carbocycles. The first-order chi connectivity index (χ1) is 13.6. The predicted octanol–water partition coefficient (Wildman–Crippen LogP) is 2.39. The summed E-state index contributed by atoms with van der Waals surface area (Å²) in [5, 5.41) is 3.00. The Labute approximate surface area is 171 Å². The van der Waals surface area contributed by atoms with E-state index in [9.17, 15) is 13.2 Å². The Kier molecular flexibility index (Phi) is 5.66. The van der Waals surface area contributed by atoms with E-state index in [2.05, 4.69) is 9.71 Å². The quantitative estimate of drug-likeness (QED) is 0.753. The second-order valence-corrected chi connectivity index (χ2v) is 9.27. The Morgan fingerprint density at radius 1 is 1.21 bits per heavy atom. The van der Waals surface area contributed by atoms with E-state index in [4.69, 9.17) is 10.5 Å². The third-order valence-corrected chi connectivity index (χ3v) is 5.78. The van der Waals surface area contributed by atoms with Gasteiger partial charge in [-0.2, -0.15) is 0 Å². The number of rotatable bonds is 6. The van der Waals surface area contributed by atoms with Crippen molar-refractivity contribution in [1.29, 1.82) is 0 Å². The highest BCUT2D eigenvalue weighted by Gasteiger charge is 2.27. The van der Waals surface area contributed by atoms with Crippen LogP contribution in [-0.4, -0.2) is 32.3 Å². The molecule has 1 amide bonds. The molecule has 0 saturated heterocycles. The van der Waals surface area contributed by atoms with Crippen LogP contribution in [0.1, 0.15) is 47.8 Å². The number of hydrogen-bond acceptors (Lipinski definition) is 5. The molecule has 8 heteroatoms. The van der Waals surface area contributed by atoms with Crippen molar-refractivity contribution in [2.45, 2.75) is 38.5 Å². The number of carbonyl (C=O) groups excluding carboxylic acids is 1. The fourth-order valence-electron chi connectivity index (χ4n) is 3.25. The Balaban J connectivity index is 1.76. The molecule has 0 unspecified atom stereocenters. The summed E-state index contributed by atoms with van der Waals surface area (Å²) in [5.74, 6) is -0.0254. The predicted molar refractivity (Wildman–Crippen MR) is 113 cm³/mol. The monoisotopic (exact) mass is 415 g/mol. The number of nitrogens with one attached hydrogen (secondary N) is 1. The Bertz CT molecular complexity index is 1080. The second kappa shape index (κ2) is 7.87. The molecular weight excluding hydrogens is 390 g/mol. The summed E-state index contributed by atoms with van der Waals surface area (Å²) in [6.45, 7) is 5.89. The molecule has 29 heavy (non-hydrogen) atoms. The van der Waals surface area contributed by atoms with Crippen LogP contribution in [0.5, 0.6) is 5.75 Å². The Morgan fingerprint density at radius 2 is 1.93 bits per heavy atom. The lowest BCUT2D eigenvalue weighted by atomic mass is 10.0. The molecule has 2 aromatic rings. The maximum atomic E-state index is 12.7. The minimum atomic E-state index is -3.61. The molecule has 0 radical (unpaired) electrons. The summed E-state index contributed by atoms with van der Waals surface area (Å²) in [4.78, 5) is 12.7.